The largest absolute Gasteiger partial charge is 0.293 e. The molecule has 0 radical (unpaired) electrons. The summed E-state index contributed by atoms with van der Waals surface area (Å²) in [6.07, 6.45) is 0. The summed E-state index contributed by atoms with van der Waals surface area (Å²) in [4.78, 5) is 12.2. The topological polar surface area (TPSA) is 17.1 Å². The van der Waals surface area contributed by atoms with E-state index in [4.69, 9.17) is 11.6 Å². The summed E-state index contributed by atoms with van der Waals surface area (Å²) in [6.45, 7) is 1.97. The lowest BCUT2D eigenvalue weighted by atomic mass is 10.1. The highest BCUT2D eigenvalue weighted by Crippen LogP contribution is 2.21. The molecule has 0 heterocycles. The van der Waals surface area contributed by atoms with Crippen molar-refractivity contribution < 1.29 is 4.79 Å². The zero-order valence-corrected chi connectivity index (χ0v) is 13.0. The third-order valence-corrected chi connectivity index (χ3v) is 4.63. The van der Waals surface area contributed by atoms with Crippen LogP contribution in [-0.4, -0.2) is 11.0 Å². The van der Waals surface area contributed by atoms with Gasteiger partial charge in [0.2, 0.25) is 0 Å². The third kappa shape index (κ3) is 4.12. The molecule has 0 fully saturated rings. The molecular formula is C17H17ClOS. The first kappa shape index (κ1) is 15.1. The highest BCUT2D eigenvalue weighted by atomic mass is 35.5. The van der Waals surface area contributed by atoms with E-state index in [2.05, 4.69) is 12.1 Å². The van der Waals surface area contributed by atoms with Crippen LogP contribution in [0.2, 0.25) is 0 Å². The van der Waals surface area contributed by atoms with Crippen LogP contribution < -0.4 is 0 Å². The Hall–Kier alpha value is -1.25. The lowest BCUT2D eigenvalue weighted by molar-refractivity contribution is 0.0994. The van der Waals surface area contributed by atoms with E-state index in [-0.39, 0.29) is 11.0 Å². The predicted molar refractivity (Wildman–Crippen MR) is 87.5 cm³/mol. The Kier molecular flexibility index (Phi) is 5.69. The summed E-state index contributed by atoms with van der Waals surface area (Å²) in [6, 6.07) is 17.7. The van der Waals surface area contributed by atoms with Gasteiger partial charge >= 0.3 is 0 Å². The van der Waals surface area contributed by atoms with Crippen molar-refractivity contribution in [3.63, 3.8) is 0 Å². The molecule has 1 unspecified atom stereocenters. The molecule has 0 saturated heterocycles. The highest BCUT2D eigenvalue weighted by molar-refractivity contribution is 7.99. The Morgan fingerprint density at radius 3 is 2.25 bits per heavy atom. The monoisotopic (exact) mass is 304 g/mol. The van der Waals surface area contributed by atoms with Gasteiger partial charge in [0, 0.05) is 17.2 Å². The van der Waals surface area contributed by atoms with Gasteiger partial charge in [-0.3, -0.25) is 4.79 Å². The van der Waals surface area contributed by atoms with Crippen LogP contribution >= 0.6 is 23.4 Å². The summed E-state index contributed by atoms with van der Waals surface area (Å²) >= 11 is 7.43. The van der Waals surface area contributed by atoms with Crippen molar-refractivity contribution in [2.75, 3.05) is 0 Å². The van der Waals surface area contributed by atoms with Gasteiger partial charge in [0.1, 0.15) is 0 Å². The number of halogens is 1. The number of carbonyl (C=O) groups is 1. The van der Waals surface area contributed by atoms with E-state index in [1.807, 2.05) is 49.4 Å². The van der Waals surface area contributed by atoms with E-state index in [1.54, 1.807) is 11.8 Å². The van der Waals surface area contributed by atoms with Gasteiger partial charge in [-0.25, -0.2) is 0 Å². The van der Waals surface area contributed by atoms with Crippen molar-refractivity contribution in [2.45, 2.75) is 23.8 Å². The van der Waals surface area contributed by atoms with E-state index in [1.165, 1.54) is 5.56 Å². The Bertz CT molecular complexity index is 551. The summed E-state index contributed by atoms with van der Waals surface area (Å²) in [5.74, 6) is 1.56. The smallest absolute Gasteiger partial charge is 0.175 e. The third-order valence-electron chi connectivity index (χ3n) is 3.10. The summed E-state index contributed by atoms with van der Waals surface area (Å²) in [7, 11) is 0. The molecule has 0 aliphatic carbocycles. The lowest BCUT2D eigenvalue weighted by Crippen LogP contribution is -2.13. The Balaban J connectivity index is 1.91. The minimum atomic E-state index is -0.0369. The molecule has 2 aromatic rings. The van der Waals surface area contributed by atoms with Crippen molar-refractivity contribution in [3.05, 3.63) is 71.3 Å². The van der Waals surface area contributed by atoms with Crippen molar-refractivity contribution in [1.82, 2.24) is 0 Å². The van der Waals surface area contributed by atoms with Gasteiger partial charge in [-0.1, -0.05) is 54.6 Å². The zero-order chi connectivity index (χ0) is 14.4. The van der Waals surface area contributed by atoms with Gasteiger partial charge in [0.15, 0.2) is 5.78 Å². The van der Waals surface area contributed by atoms with Gasteiger partial charge < -0.3 is 0 Å². The first-order valence-corrected chi connectivity index (χ1v) is 8.13. The maximum Gasteiger partial charge on any atom is 0.175 e. The quantitative estimate of drug-likeness (QED) is 0.556. The van der Waals surface area contributed by atoms with Crippen LogP contribution in [0.3, 0.4) is 0 Å². The molecule has 0 bridgehead atoms. The average Bonchev–Trinajstić information content (AvgIpc) is 2.53. The Morgan fingerprint density at radius 1 is 1.05 bits per heavy atom. The SMILES string of the molecule is CC(SCc1ccc(CCl)cc1)C(=O)c1ccccc1. The number of carbonyl (C=O) groups excluding carboxylic acids is 1. The van der Waals surface area contributed by atoms with Gasteiger partial charge in [-0.15, -0.1) is 23.4 Å². The molecule has 20 heavy (non-hydrogen) atoms. The number of Topliss-reactive ketones (excluding diaryl/α,β-unsaturated/α-hetero) is 1. The minimum absolute atomic E-state index is 0.0369. The number of thioether (sulfide) groups is 1. The number of hydrogen-bond donors (Lipinski definition) is 0. The van der Waals surface area contributed by atoms with E-state index in [0.29, 0.717) is 5.88 Å². The fourth-order valence-corrected chi connectivity index (χ4v) is 2.96. The normalized spacial score (nSPS) is 12.1. The fourth-order valence-electron chi connectivity index (χ4n) is 1.86. The van der Waals surface area contributed by atoms with Crippen LogP contribution in [0.15, 0.2) is 54.6 Å². The molecule has 2 aromatic carbocycles. The molecule has 0 saturated carbocycles. The average molecular weight is 305 g/mol. The molecule has 0 amide bonds. The zero-order valence-electron chi connectivity index (χ0n) is 11.4. The van der Waals surface area contributed by atoms with Gasteiger partial charge in [-0.2, -0.15) is 0 Å². The minimum Gasteiger partial charge on any atom is -0.293 e. The molecule has 0 aromatic heterocycles. The second-order valence-corrected chi connectivity index (χ2v) is 6.23. The molecule has 0 aliphatic heterocycles. The number of rotatable bonds is 6. The van der Waals surface area contributed by atoms with E-state index < -0.39 is 0 Å². The van der Waals surface area contributed by atoms with Crippen LogP contribution in [0.4, 0.5) is 0 Å². The second-order valence-electron chi connectivity index (χ2n) is 4.63. The standard InChI is InChI=1S/C17H17ClOS/c1-13(17(19)16-5-3-2-4-6-16)20-12-15-9-7-14(11-18)8-10-15/h2-10,13H,11-12H2,1H3. The van der Waals surface area contributed by atoms with Crippen molar-refractivity contribution >= 4 is 29.1 Å². The predicted octanol–water partition coefficient (Wildman–Crippen LogP) is 4.93. The Labute approximate surface area is 129 Å². The van der Waals surface area contributed by atoms with Gasteiger partial charge in [0.05, 0.1) is 5.25 Å². The van der Waals surface area contributed by atoms with Crippen LogP contribution in [0.5, 0.6) is 0 Å². The first-order valence-electron chi connectivity index (χ1n) is 6.55. The molecule has 1 atom stereocenters. The first-order chi connectivity index (χ1) is 9.70. The maximum absolute atomic E-state index is 12.2. The molecule has 1 nitrogen and oxygen atoms in total. The van der Waals surface area contributed by atoms with E-state index in [0.717, 1.165) is 16.9 Å². The molecule has 0 aliphatic rings. The fraction of sp³-hybridized carbons (Fsp3) is 0.235. The lowest BCUT2D eigenvalue weighted by Gasteiger charge is -2.10. The van der Waals surface area contributed by atoms with Crippen molar-refractivity contribution in [2.24, 2.45) is 0 Å². The van der Waals surface area contributed by atoms with Crippen LogP contribution in [-0.2, 0) is 11.6 Å². The highest BCUT2D eigenvalue weighted by Gasteiger charge is 2.15. The summed E-state index contributed by atoms with van der Waals surface area (Å²) in [5.41, 5.74) is 3.12. The number of ketones is 1. The number of hydrogen-bond acceptors (Lipinski definition) is 2. The number of benzene rings is 2. The van der Waals surface area contributed by atoms with Crippen LogP contribution in [0.1, 0.15) is 28.4 Å². The molecular weight excluding hydrogens is 288 g/mol. The van der Waals surface area contributed by atoms with Gasteiger partial charge in [-0.05, 0) is 18.1 Å². The second kappa shape index (κ2) is 7.51. The molecule has 104 valence electrons. The summed E-state index contributed by atoms with van der Waals surface area (Å²) in [5, 5.41) is -0.0369. The van der Waals surface area contributed by atoms with Crippen molar-refractivity contribution in [3.8, 4) is 0 Å². The maximum atomic E-state index is 12.2. The van der Waals surface area contributed by atoms with E-state index >= 15 is 0 Å². The van der Waals surface area contributed by atoms with Gasteiger partial charge in [0.25, 0.3) is 0 Å². The molecule has 0 N–H and O–H groups in total. The molecule has 0 spiro atoms. The molecule has 3 heteroatoms. The van der Waals surface area contributed by atoms with Crippen molar-refractivity contribution in [1.29, 1.82) is 0 Å². The number of alkyl halides is 1. The van der Waals surface area contributed by atoms with Crippen LogP contribution in [0.25, 0.3) is 0 Å². The molecule has 2 rings (SSSR count). The summed E-state index contributed by atoms with van der Waals surface area (Å²) < 4.78 is 0. The van der Waals surface area contributed by atoms with Crippen LogP contribution in [0, 0.1) is 0 Å². The Morgan fingerprint density at radius 2 is 1.65 bits per heavy atom. The van der Waals surface area contributed by atoms with E-state index in [9.17, 15) is 4.79 Å².